The molecule has 3 atom stereocenters. The molecule has 0 radical (unpaired) electrons. The maximum absolute atomic E-state index is 13.0. The second-order valence-corrected chi connectivity index (χ2v) is 8.24. The molecule has 4 rings (SSSR count). The molecule has 1 aromatic carbocycles. The standard InChI is InChI=1S/C17H17BrN4O6/c1-7-6-21-12-9(3-10(18)4-11(12)22(26)27)5-17(13(21)8(2)28-7)14(23)19-16(25)20-15(17)24/h3-4,7-8,13H,5-6H2,1-2H3,(H2,19,20,23,24,25)/t7-,8+,13-/m1/s1. The molecule has 4 amide bonds. The molecule has 2 N–H and O–H groups in total. The van der Waals surface area contributed by atoms with Gasteiger partial charge in [0.1, 0.15) is 5.69 Å². The Hall–Kier alpha value is -2.53. The number of fused-ring (bicyclic) bond motifs is 4. The molecule has 1 spiro atoms. The van der Waals surface area contributed by atoms with Crippen molar-refractivity contribution in [1.82, 2.24) is 10.6 Å². The van der Waals surface area contributed by atoms with E-state index in [0.29, 0.717) is 15.7 Å². The minimum atomic E-state index is -1.64. The number of morpholine rings is 1. The van der Waals surface area contributed by atoms with Crippen LogP contribution in [0.1, 0.15) is 19.4 Å². The van der Waals surface area contributed by atoms with E-state index >= 15 is 0 Å². The highest BCUT2D eigenvalue weighted by Crippen LogP contribution is 2.50. The largest absolute Gasteiger partial charge is 0.372 e. The van der Waals surface area contributed by atoms with Crippen molar-refractivity contribution in [3.63, 3.8) is 0 Å². The summed E-state index contributed by atoms with van der Waals surface area (Å²) in [4.78, 5) is 50.5. The van der Waals surface area contributed by atoms with Gasteiger partial charge in [-0.2, -0.15) is 0 Å². The van der Waals surface area contributed by atoms with Gasteiger partial charge in [-0.25, -0.2) is 4.79 Å². The number of carbonyl (C=O) groups is 3. The monoisotopic (exact) mass is 452 g/mol. The van der Waals surface area contributed by atoms with Gasteiger partial charge < -0.3 is 9.64 Å². The molecule has 2 saturated heterocycles. The first-order chi connectivity index (χ1) is 13.1. The normalized spacial score (nSPS) is 28.3. The molecular formula is C17H17BrN4O6. The number of nitrogens with zero attached hydrogens (tertiary/aromatic N) is 2. The Balaban J connectivity index is 1.99. The molecule has 0 unspecified atom stereocenters. The molecule has 3 aliphatic rings. The smallest absolute Gasteiger partial charge is 0.328 e. The average molecular weight is 453 g/mol. The van der Waals surface area contributed by atoms with Gasteiger partial charge in [0.15, 0.2) is 5.41 Å². The molecule has 10 nitrogen and oxygen atoms in total. The summed E-state index contributed by atoms with van der Waals surface area (Å²) in [5, 5.41) is 16.1. The van der Waals surface area contributed by atoms with E-state index in [1.54, 1.807) is 17.9 Å². The third-order valence-electron chi connectivity index (χ3n) is 5.54. The average Bonchev–Trinajstić information content (AvgIpc) is 2.57. The number of amides is 4. The fourth-order valence-electron chi connectivity index (χ4n) is 4.67. The molecule has 2 fully saturated rings. The van der Waals surface area contributed by atoms with E-state index in [1.165, 1.54) is 6.07 Å². The first-order valence-corrected chi connectivity index (χ1v) is 9.50. The van der Waals surface area contributed by atoms with E-state index in [2.05, 4.69) is 26.6 Å². The van der Waals surface area contributed by atoms with Crippen LogP contribution in [0.25, 0.3) is 0 Å². The summed E-state index contributed by atoms with van der Waals surface area (Å²) in [7, 11) is 0. The van der Waals surface area contributed by atoms with Gasteiger partial charge in [-0.3, -0.25) is 30.3 Å². The van der Waals surface area contributed by atoms with Gasteiger partial charge >= 0.3 is 6.03 Å². The summed E-state index contributed by atoms with van der Waals surface area (Å²) in [6.45, 7) is 3.81. The number of urea groups is 1. The first-order valence-electron chi connectivity index (χ1n) is 8.71. The van der Waals surface area contributed by atoms with Gasteiger partial charge in [-0.1, -0.05) is 15.9 Å². The van der Waals surface area contributed by atoms with Gasteiger partial charge in [0.25, 0.3) is 5.69 Å². The Labute approximate surface area is 167 Å². The van der Waals surface area contributed by atoms with Crippen molar-refractivity contribution in [1.29, 1.82) is 0 Å². The lowest BCUT2D eigenvalue weighted by molar-refractivity contribution is -0.384. The summed E-state index contributed by atoms with van der Waals surface area (Å²) in [6.07, 6.45) is -0.935. The summed E-state index contributed by atoms with van der Waals surface area (Å²) in [5.41, 5.74) is -0.894. The number of benzene rings is 1. The number of nitrogens with one attached hydrogen (secondary N) is 2. The molecule has 3 heterocycles. The SMILES string of the molecule is C[C@@H]1CN2c3c(cc(Br)cc3[N+](=O)[O-])CC3(C(=O)NC(=O)NC3=O)[C@H]2[C@H](C)O1. The zero-order valence-electron chi connectivity index (χ0n) is 15.0. The number of imide groups is 2. The van der Waals surface area contributed by atoms with Crippen LogP contribution in [0, 0.1) is 15.5 Å². The van der Waals surface area contributed by atoms with Crippen molar-refractivity contribution >= 4 is 45.2 Å². The Morgan fingerprint density at radius 3 is 2.50 bits per heavy atom. The van der Waals surface area contributed by atoms with E-state index < -0.39 is 40.3 Å². The van der Waals surface area contributed by atoms with Crippen LogP contribution >= 0.6 is 15.9 Å². The third-order valence-corrected chi connectivity index (χ3v) is 6.00. The van der Waals surface area contributed by atoms with Crippen LogP contribution in [0.3, 0.4) is 0 Å². The highest BCUT2D eigenvalue weighted by Gasteiger charge is 2.63. The van der Waals surface area contributed by atoms with Gasteiger partial charge in [0.05, 0.1) is 23.2 Å². The number of halogens is 1. The summed E-state index contributed by atoms with van der Waals surface area (Å²) < 4.78 is 6.35. The number of hydrogen-bond acceptors (Lipinski definition) is 7. The molecule has 0 saturated carbocycles. The van der Waals surface area contributed by atoms with Crippen LogP contribution in [0.4, 0.5) is 16.2 Å². The van der Waals surface area contributed by atoms with Crippen LogP contribution in [0.2, 0.25) is 0 Å². The summed E-state index contributed by atoms with van der Waals surface area (Å²) >= 11 is 3.27. The van der Waals surface area contributed by atoms with Crippen molar-refractivity contribution in [2.75, 3.05) is 11.4 Å². The quantitative estimate of drug-likeness (QED) is 0.372. The molecule has 11 heteroatoms. The third kappa shape index (κ3) is 2.53. The predicted molar refractivity (Wildman–Crippen MR) is 99.8 cm³/mol. The molecule has 0 bridgehead atoms. The van der Waals surface area contributed by atoms with Crippen molar-refractivity contribution in [3.05, 3.63) is 32.3 Å². The Kier molecular flexibility index (Phi) is 4.19. The van der Waals surface area contributed by atoms with Gasteiger partial charge in [0, 0.05) is 23.5 Å². The van der Waals surface area contributed by atoms with Crippen LogP contribution < -0.4 is 15.5 Å². The van der Waals surface area contributed by atoms with Gasteiger partial charge in [-0.05, 0) is 25.5 Å². The molecular weight excluding hydrogens is 436 g/mol. The number of rotatable bonds is 1. The maximum atomic E-state index is 13.0. The lowest BCUT2D eigenvalue weighted by Crippen LogP contribution is -2.75. The van der Waals surface area contributed by atoms with Crippen LogP contribution in [0.5, 0.6) is 0 Å². The number of ether oxygens (including phenoxy) is 1. The lowest BCUT2D eigenvalue weighted by atomic mass is 9.66. The topological polar surface area (TPSA) is 131 Å². The van der Waals surface area contributed by atoms with Crippen LogP contribution in [-0.2, 0) is 20.7 Å². The minimum Gasteiger partial charge on any atom is -0.372 e. The van der Waals surface area contributed by atoms with E-state index in [1.807, 2.05) is 6.92 Å². The lowest BCUT2D eigenvalue weighted by Gasteiger charge is -2.55. The van der Waals surface area contributed by atoms with Gasteiger partial charge in [0.2, 0.25) is 11.8 Å². The maximum Gasteiger partial charge on any atom is 0.328 e. The van der Waals surface area contributed by atoms with E-state index in [4.69, 9.17) is 4.74 Å². The molecule has 28 heavy (non-hydrogen) atoms. The summed E-state index contributed by atoms with van der Waals surface area (Å²) in [6, 6.07) is 1.39. The predicted octanol–water partition coefficient (Wildman–Crippen LogP) is 1.25. The van der Waals surface area contributed by atoms with E-state index in [9.17, 15) is 24.5 Å². The highest BCUT2D eigenvalue weighted by molar-refractivity contribution is 9.10. The summed E-state index contributed by atoms with van der Waals surface area (Å²) in [5.74, 6) is -1.45. The zero-order chi connectivity index (χ0) is 20.4. The number of anilines is 1. The van der Waals surface area contributed by atoms with E-state index in [-0.39, 0.29) is 24.8 Å². The number of barbiturate groups is 1. The fraction of sp³-hybridized carbons (Fsp3) is 0.471. The number of hydrogen-bond donors (Lipinski definition) is 2. The number of nitro benzene ring substituents is 1. The molecule has 0 aromatic heterocycles. The Bertz CT molecular complexity index is 914. The molecule has 1 aromatic rings. The van der Waals surface area contributed by atoms with Crippen molar-refractivity contribution in [3.8, 4) is 0 Å². The Morgan fingerprint density at radius 2 is 1.89 bits per heavy atom. The second-order valence-electron chi connectivity index (χ2n) is 7.32. The fourth-order valence-corrected chi connectivity index (χ4v) is 5.16. The molecule has 3 aliphatic heterocycles. The highest BCUT2D eigenvalue weighted by atomic mass is 79.9. The Morgan fingerprint density at radius 1 is 1.25 bits per heavy atom. The van der Waals surface area contributed by atoms with Gasteiger partial charge in [-0.15, -0.1) is 0 Å². The molecule has 148 valence electrons. The zero-order valence-corrected chi connectivity index (χ0v) is 16.6. The minimum absolute atomic E-state index is 0.0865. The van der Waals surface area contributed by atoms with Crippen molar-refractivity contribution < 1.29 is 24.0 Å². The van der Waals surface area contributed by atoms with Crippen LogP contribution in [0.15, 0.2) is 16.6 Å². The number of nitro groups is 1. The number of carbonyl (C=O) groups excluding carboxylic acids is 3. The van der Waals surface area contributed by atoms with Crippen LogP contribution in [-0.4, -0.2) is 47.6 Å². The van der Waals surface area contributed by atoms with Crippen molar-refractivity contribution in [2.24, 2.45) is 5.41 Å². The van der Waals surface area contributed by atoms with Crippen molar-refractivity contribution in [2.45, 2.75) is 38.5 Å². The molecule has 0 aliphatic carbocycles. The van der Waals surface area contributed by atoms with E-state index in [0.717, 1.165) is 0 Å². The second kappa shape index (κ2) is 6.24. The first kappa shape index (κ1) is 18.8.